The summed E-state index contributed by atoms with van der Waals surface area (Å²) in [6.45, 7) is 1.04. The average molecular weight is 370 g/mol. The third-order valence-corrected chi connectivity index (χ3v) is 5.10. The minimum absolute atomic E-state index is 0.0500. The normalized spacial score (nSPS) is 27.0. The van der Waals surface area contributed by atoms with E-state index in [-0.39, 0.29) is 23.9 Å². The van der Waals surface area contributed by atoms with Crippen LogP contribution in [0.15, 0.2) is 24.3 Å². The standard InChI is InChI=1S/C17H18F3N3O3/c18-17(19,20)11-2-1-3-12(8-11)23-14(24)9-13(16(23)26)22-6-4-10(5-7-22)15(21)25/h1-3,8,10,13H,4-7,9H2,(H2,21,25)/p+1/t13-/m1/s1. The summed E-state index contributed by atoms with van der Waals surface area (Å²) < 4.78 is 38.7. The molecule has 6 nitrogen and oxygen atoms in total. The molecule has 0 aromatic heterocycles. The Hall–Kier alpha value is -2.42. The molecule has 0 unspecified atom stereocenters. The summed E-state index contributed by atoms with van der Waals surface area (Å²) in [6, 6.07) is 3.57. The summed E-state index contributed by atoms with van der Waals surface area (Å²) in [5.74, 6) is -1.61. The number of benzene rings is 1. The van der Waals surface area contributed by atoms with Gasteiger partial charge in [0.2, 0.25) is 11.8 Å². The summed E-state index contributed by atoms with van der Waals surface area (Å²) >= 11 is 0. The van der Waals surface area contributed by atoms with Crippen molar-refractivity contribution in [3.8, 4) is 0 Å². The van der Waals surface area contributed by atoms with Crippen molar-refractivity contribution < 1.29 is 32.5 Å². The third-order valence-electron chi connectivity index (χ3n) is 5.10. The Morgan fingerprint density at radius 3 is 2.42 bits per heavy atom. The average Bonchev–Trinajstić information content (AvgIpc) is 2.89. The van der Waals surface area contributed by atoms with Crippen molar-refractivity contribution in [1.82, 2.24) is 0 Å². The first-order chi connectivity index (χ1) is 12.2. The number of likely N-dealkylation sites (tertiary alicyclic amines) is 1. The van der Waals surface area contributed by atoms with Crippen LogP contribution < -0.4 is 15.5 Å². The van der Waals surface area contributed by atoms with Crippen LogP contribution >= 0.6 is 0 Å². The van der Waals surface area contributed by atoms with Gasteiger partial charge in [0.05, 0.1) is 30.8 Å². The Labute approximate surface area is 147 Å². The third kappa shape index (κ3) is 3.44. The van der Waals surface area contributed by atoms with E-state index in [0.717, 1.165) is 21.9 Å². The first kappa shape index (κ1) is 18.4. The van der Waals surface area contributed by atoms with Crippen molar-refractivity contribution in [2.45, 2.75) is 31.5 Å². The first-order valence-corrected chi connectivity index (χ1v) is 8.36. The predicted molar refractivity (Wildman–Crippen MR) is 85.0 cm³/mol. The fourth-order valence-corrected chi connectivity index (χ4v) is 3.67. The number of carbonyl (C=O) groups is 3. The largest absolute Gasteiger partial charge is 0.416 e. The molecule has 1 atom stereocenters. The number of hydrogen-bond acceptors (Lipinski definition) is 3. The Bertz CT molecular complexity index is 742. The van der Waals surface area contributed by atoms with Crippen LogP contribution in [0.3, 0.4) is 0 Å². The molecular formula is C17H19F3N3O3+. The maximum atomic E-state index is 12.9. The van der Waals surface area contributed by atoms with Gasteiger partial charge in [-0.25, -0.2) is 4.90 Å². The molecule has 0 saturated carbocycles. The number of anilines is 1. The van der Waals surface area contributed by atoms with E-state index in [1.165, 1.54) is 12.1 Å². The molecular weight excluding hydrogens is 351 g/mol. The van der Waals surface area contributed by atoms with E-state index in [2.05, 4.69) is 0 Å². The second-order valence-corrected chi connectivity index (χ2v) is 6.71. The Morgan fingerprint density at radius 1 is 1.19 bits per heavy atom. The number of alkyl halides is 3. The van der Waals surface area contributed by atoms with Gasteiger partial charge in [0.15, 0.2) is 6.04 Å². The molecule has 2 aliphatic heterocycles. The highest BCUT2D eigenvalue weighted by Gasteiger charge is 2.47. The van der Waals surface area contributed by atoms with Gasteiger partial charge in [0.25, 0.3) is 5.91 Å². The highest BCUT2D eigenvalue weighted by Crippen LogP contribution is 2.32. The second-order valence-electron chi connectivity index (χ2n) is 6.71. The lowest BCUT2D eigenvalue weighted by Crippen LogP contribution is -3.17. The van der Waals surface area contributed by atoms with Crippen LogP contribution in [0.1, 0.15) is 24.8 Å². The van der Waals surface area contributed by atoms with Crippen molar-refractivity contribution in [3.05, 3.63) is 29.8 Å². The monoisotopic (exact) mass is 370 g/mol. The summed E-state index contributed by atoms with van der Waals surface area (Å²) in [5, 5.41) is 0. The van der Waals surface area contributed by atoms with Crippen LogP contribution in [-0.4, -0.2) is 36.9 Å². The van der Waals surface area contributed by atoms with Crippen LogP contribution in [-0.2, 0) is 20.6 Å². The molecule has 2 fully saturated rings. The van der Waals surface area contributed by atoms with Crippen molar-refractivity contribution in [3.63, 3.8) is 0 Å². The van der Waals surface area contributed by atoms with Gasteiger partial charge in [0, 0.05) is 18.8 Å². The Morgan fingerprint density at radius 2 is 1.85 bits per heavy atom. The molecule has 140 valence electrons. The first-order valence-electron chi connectivity index (χ1n) is 8.36. The lowest BCUT2D eigenvalue weighted by molar-refractivity contribution is -0.920. The number of primary amides is 1. The highest BCUT2D eigenvalue weighted by molar-refractivity contribution is 6.21. The lowest BCUT2D eigenvalue weighted by Gasteiger charge is -2.30. The fourth-order valence-electron chi connectivity index (χ4n) is 3.67. The number of imide groups is 1. The number of rotatable bonds is 3. The van der Waals surface area contributed by atoms with Crippen LogP contribution in [0.2, 0.25) is 0 Å². The second kappa shape index (κ2) is 6.71. The molecule has 3 amide bonds. The minimum atomic E-state index is -4.55. The smallest absolute Gasteiger partial charge is 0.369 e. The Kier molecular flexibility index (Phi) is 4.74. The van der Waals surface area contributed by atoms with Gasteiger partial charge in [-0.15, -0.1) is 0 Å². The fraction of sp³-hybridized carbons (Fsp3) is 0.471. The molecule has 0 bridgehead atoms. The van der Waals surface area contributed by atoms with Gasteiger partial charge in [0.1, 0.15) is 0 Å². The van der Waals surface area contributed by atoms with E-state index in [1.807, 2.05) is 0 Å². The summed E-state index contributed by atoms with van der Waals surface area (Å²) in [5.41, 5.74) is 4.32. The predicted octanol–water partition coefficient (Wildman–Crippen LogP) is 0.118. The molecule has 3 rings (SSSR count). The van der Waals surface area contributed by atoms with Gasteiger partial charge in [-0.1, -0.05) is 6.07 Å². The number of quaternary nitrogens is 1. The van der Waals surface area contributed by atoms with Crippen molar-refractivity contribution >= 4 is 23.4 Å². The van der Waals surface area contributed by atoms with Crippen LogP contribution in [0.4, 0.5) is 18.9 Å². The highest BCUT2D eigenvalue weighted by atomic mass is 19.4. The van der Waals surface area contributed by atoms with Crippen LogP contribution in [0.5, 0.6) is 0 Å². The number of piperidine rings is 1. The lowest BCUT2D eigenvalue weighted by atomic mass is 9.95. The molecule has 26 heavy (non-hydrogen) atoms. The SMILES string of the molecule is NC(=O)C1CC[NH+]([C@@H]2CC(=O)N(c3cccc(C(F)(F)F)c3)C2=O)CC1. The van der Waals surface area contributed by atoms with Gasteiger partial charge in [-0.2, -0.15) is 13.2 Å². The van der Waals surface area contributed by atoms with Crippen molar-refractivity contribution in [2.24, 2.45) is 11.7 Å². The maximum absolute atomic E-state index is 12.9. The minimum Gasteiger partial charge on any atom is -0.369 e. The van der Waals surface area contributed by atoms with Gasteiger partial charge in [-0.05, 0) is 18.2 Å². The number of hydrogen-bond donors (Lipinski definition) is 2. The maximum Gasteiger partial charge on any atom is 0.416 e. The zero-order chi connectivity index (χ0) is 19.1. The molecule has 2 saturated heterocycles. The van der Waals surface area contributed by atoms with E-state index in [0.29, 0.717) is 25.9 Å². The number of nitrogens with one attached hydrogen (secondary N) is 1. The molecule has 2 heterocycles. The molecule has 1 aromatic carbocycles. The zero-order valence-corrected chi connectivity index (χ0v) is 13.9. The number of nitrogens with zero attached hydrogens (tertiary/aromatic N) is 1. The van der Waals surface area contributed by atoms with E-state index in [4.69, 9.17) is 5.73 Å². The number of amides is 3. The van der Waals surface area contributed by atoms with Crippen molar-refractivity contribution in [2.75, 3.05) is 18.0 Å². The van der Waals surface area contributed by atoms with E-state index in [9.17, 15) is 27.6 Å². The van der Waals surface area contributed by atoms with E-state index < -0.39 is 29.6 Å². The summed E-state index contributed by atoms with van der Waals surface area (Å²) in [4.78, 5) is 38.0. The topological polar surface area (TPSA) is 84.9 Å². The van der Waals surface area contributed by atoms with Gasteiger partial charge < -0.3 is 10.6 Å². The summed E-state index contributed by atoms with van der Waals surface area (Å²) in [6.07, 6.45) is -3.53. The van der Waals surface area contributed by atoms with Gasteiger partial charge >= 0.3 is 6.18 Å². The quantitative estimate of drug-likeness (QED) is 0.741. The molecule has 1 aromatic rings. The molecule has 0 radical (unpaired) electrons. The van der Waals surface area contributed by atoms with Crippen LogP contribution in [0, 0.1) is 5.92 Å². The van der Waals surface area contributed by atoms with E-state index >= 15 is 0 Å². The molecule has 2 aliphatic rings. The van der Waals surface area contributed by atoms with Crippen LogP contribution in [0.25, 0.3) is 0 Å². The number of nitrogens with two attached hydrogens (primary N) is 1. The molecule has 9 heteroatoms. The molecule has 3 N–H and O–H groups in total. The van der Waals surface area contributed by atoms with Crippen molar-refractivity contribution in [1.29, 1.82) is 0 Å². The number of carbonyl (C=O) groups excluding carboxylic acids is 3. The molecule has 0 aliphatic carbocycles. The molecule has 0 spiro atoms. The Balaban J connectivity index is 1.77. The van der Waals surface area contributed by atoms with Gasteiger partial charge in [-0.3, -0.25) is 14.4 Å². The number of halogens is 3. The summed E-state index contributed by atoms with van der Waals surface area (Å²) in [7, 11) is 0. The van der Waals surface area contributed by atoms with E-state index in [1.54, 1.807) is 0 Å². The zero-order valence-electron chi connectivity index (χ0n) is 13.9.